The van der Waals surface area contributed by atoms with Crippen LogP contribution in [0.15, 0.2) is 17.5 Å². The van der Waals surface area contributed by atoms with Crippen molar-refractivity contribution in [3.8, 4) is 0 Å². The lowest BCUT2D eigenvalue weighted by Crippen LogP contribution is -2.41. The zero-order valence-electron chi connectivity index (χ0n) is 11.6. The van der Waals surface area contributed by atoms with Crippen LogP contribution in [0.1, 0.15) is 39.0 Å². The molecule has 1 amide bonds. The van der Waals surface area contributed by atoms with E-state index in [9.17, 15) is 9.90 Å². The molecule has 2 unspecified atom stereocenters. The van der Waals surface area contributed by atoms with E-state index in [-0.39, 0.29) is 17.9 Å². The zero-order chi connectivity index (χ0) is 13.8. The normalized spacial score (nSPS) is 15.2. The number of carbonyl (C=O) groups is 1. The van der Waals surface area contributed by atoms with E-state index in [2.05, 4.69) is 5.32 Å². The van der Waals surface area contributed by atoms with E-state index in [0.29, 0.717) is 13.0 Å². The molecule has 0 aliphatic rings. The van der Waals surface area contributed by atoms with Gasteiger partial charge in [-0.2, -0.15) is 0 Å². The fourth-order valence-corrected chi connectivity index (χ4v) is 2.75. The molecule has 0 bridgehead atoms. The molecule has 0 aliphatic carbocycles. The molecule has 3 nitrogen and oxygen atoms in total. The molecule has 4 heteroatoms. The Hall–Kier alpha value is -0.870. The second kappa shape index (κ2) is 6.34. The van der Waals surface area contributed by atoms with Gasteiger partial charge < -0.3 is 10.4 Å². The van der Waals surface area contributed by atoms with Crippen molar-refractivity contribution in [1.29, 1.82) is 0 Å². The number of nitrogens with one attached hydrogen (secondary N) is 1. The Labute approximate surface area is 113 Å². The van der Waals surface area contributed by atoms with Gasteiger partial charge in [0.25, 0.3) is 0 Å². The third-order valence-electron chi connectivity index (χ3n) is 3.06. The third kappa shape index (κ3) is 4.10. The van der Waals surface area contributed by atoms with Gasteiger partial charge in [-0.1, -0.05) is 13.0 Å². The first kappa shape index (κ1) is 15.2. The summed E-state index contributed by atoms with van der Waals surface area (Å²) in [6, 6.07) is 3.95. The highest BCUT2D eigenvalue weighted by molar-refractivity contribution is 7.10. The molecule has 0 saturated heterocycles. The predicted octanol–water partition coefficient (Wildman–Crippen LogP) is 2.55. The summed E-state index contributed by atoms with van der Waals surface area (Å²) in [7, 11) is 0. The smallest absolute Gasteiger partial charge is 0.230 e. The van der Waals surface area contributed by atoms with Crippen molar-refractivity contribution in [3.05, 3.63) is 22.4 Å². The van der Waals surface area contributed by atoms with E-state index < -0.39 is 5.41 Å². The molecule has 2 N–H and O–H groups in total. The lowest BCUT2D eigenvalue weighted by Gasteiger charge is -2.23. The van der Waals surface area contributed by atoms with Gasteiger partial charge in [0, 0.05) is 11.4 Å². The van der Waals surface area contributed by atoms with Crippen LogP contribution < -0.4 is 5.32 Å². The highest BCUT2D eigenvalue weighted by Crippen LogP contribution is 2.27. The van der Waals surface area contributed by atoms with Crippen LogP contribution in [0.4, 0.5) is 0 Å². The van der Waals surface area contributed by atoms with Gasteiger partial charge in [-0.25, -0.2) is 0 Å². The Kier molecular flexibility index (Phi) is 5.35. The second-order valence-electron chi connectivity index (χ2n) is 5.50. The van der Waals surface area contributed by atoms with Gasteiger partial charge >= 0.3 is 0 Å². The first-order valence-electron chi connectivity index (χ1n) is 6.34. The topological polar surface area (TPSA) is 49.3 Å². The van der Waals surface area contributed by atoms with Crippen molar-refractivity contribution in [1.82, 2.24) is 5.32 Å². The van der Waals surface area contributed by atoms with Crippen LogP contribution in [0.25, 0.3) is 0 Å². The van der Waals surface area contributed by atoms with Crippen LogP contribution in [0.2, 0.25) is 0 Å². The number of carbonyl (C=O) groups excluding carboxylic acids is 1. The summed E-state index contributed by atoms with van der Waals surface area (Å²) in [5, 5.41) is 14.2. The summed E-state index contributed by atoms with van der Waals surface area (Å²) in [6.07, 6.45) is 0.391. The number of rotatable bonds is 6. The summed E-state index contributed by atoms with van der Waals surface area (Å²) in [4.78, 5) is 13.3. The van der Waals surface area contributed by atoms with E-state index in [1.165, 1.54) is 0 Å². The number of aliphatic hydroxyl groups is 1. The molecule has 1 rings (SSSR count). The average Bonchev–Trinajstić information content (AvgIpc) is 2.78. The van der Waals surface area contributed by atoms with Crippen molar-refractivity contribution in [3.63, 3.8) is 0 Å². The maximum Gasteiger partial charge on any atom is 0.230 e. The molecule has 102 valence electrons. The molecule has 0 aromatic carbocycles. The number of hydrogen-bond acceptors (Lipinski definition) is 3. The summed E-state index contributed by atoms with van der Waals surface area (Å²) in [6.45, 7) is 8.29. The Balaban J connectivity index is 2.50. The molecule has 0 saturated carbocycles. The van der Waals surface area contributed by atoms with Crippen LogP contribution in [-0.2, 0) is 10.2 Å². The van der Waals surface area contributed by atoms with Crippen LogP contribution in [0.5, 0.6) is 0 Å². The van der Waals surface area contributed by atoms with Crippen molar-refractivity contribution < 1.29 is 9.90 Å². The van der Waals surface area contributed by atoms with Crippen molar-refractivity contribution in [2.45, 2.75) is 45.6 Å². The molecule has 0 aliphatic heterocycles. The average molecular weight is 269 g/mol. The molecular weight excluding hydrogens is 246 g/mol. The van der Waals surface area contributed by atoms with E-state index >= 15 is 0 Å². The van der Waals surface area contributed by atoms with E-state index in [4.69, 9.17) is 0 Å². The Morgan fingerprint density at radius 2 is 2.17 bits per heavy atom. The van der Waals surface area contributed by atoms with E-state index in [1.807, 2.05) is 38.3 Å². The monoisotopic (exact) mass is 269 g/mol. The zero-order valence-corrected chi connectivity index (χ0v) is 12.4. The second-order valence-corrected chi connectivity index (χ2v) is 6.45. The highest BCUT2D eigenvalue weighted by atomic mass is 32.1. The standard InChI is InChI=1S/C14H23NO2S/c1-10(8-11(2)16)9-15-13(17)14(3,4)12-6-5-7-18-12/h5-7,10-11,16H,8-9H2,1-4H3,(H,15,17). The lowest BCUT2D eigenvalue weighted by molar-refractivity contribution is -0.125. The van der Waals surface area contributed by atoms with Gasteiger partial charge in [0.2, 0.25) is 5.91 Å². The maximum absolute atomic E-state index is 12.2. The van der Waals surface area contributed by atoms with Gasteiger partial charge in [0.15, 0.2) is 0 Å². The number of aliphatic hydroxyl groups excluding tert-OH is 1. The minimum Gasteiger partial charge on any atom is -0.393 e. The SMILES string of the molecule is CC(O)CC(C)CNC(=O)C(C)(C)c1cccs1. The highest BCUT2D eigenvalue weighted by Gasteiger charge is 2.30. The molecular formula is C14H23NO2S. The predicted molar refractivity (Wildman–Crippen MR) is 75.8 cm³/mol. The Bertz CT molecular complexity index is 371. The number of amides is 1. The maximum atomic E-state index is 12.2. The summed E-state index contributed by atoms with van der Waals surface area (Å²) < 4.78 is 0. The molecule has 0 radical (unpaired) electrons. The molecule has 0 spiro atoms. The van der Waals surface area contributed by atoms with Crippen LogP contribution in [0.3, 0.4) is 0 Å². The summed E-state index contributed by atoms with van der Waals surface area (Å²) in [5.74, 6) is 0.329. The van der Waals surface area contributed by atoms with Crippen LogP contribution in [0, 0.1) is 5.92 Å². The molecule has 1 heterocycles. The van der Waals surface area contributed by atoms with E-state index in [1.54, 1.807) is 18.3 Å². The van der Waals surface area contributed by atoms with Crippen LogP contribution in [-0.4, -0.2) is 23.7 Å². The largest absolute Gasteiger partial charge is 0.393 e. The van der Waals surface area contributed by atoms with Gasteiger partial charge in [-0.3, -0.25) is 4.79 Å². The van der Waals surface area contributed by atoms with Gasteiger partial charge in [-0.05, 0) is 44.6 Å². The van der Waals surface area contributed by atoms with Gasteiger partial charge in [0.1, 0.15) is 0 Å². The first-order valence-corrected chi connectivity index (χ1v) is 7.22. The number of hydrogen-bond donors (Lipinski definition) is 2. The summed E-state index contributed by atoms with van der Waals surface area (Å²) >= 11 is 1.60. The fourth-order valence-electron chi connectivity index (χ4n) is 1.90. The quantitative estimate of drug-likeness (QED) is 0.834. The number of thiophene rings is 1. The Morgan fingerprint density at radius 1 is 1.50 bits per heavy atom. The first-order chi connectivity index (χ1) is 8.34. The van der Waals surface area contributed by atoms with Crippen molar-refractivity contribution in [2.24, 2.45) is 5.92 Å². The fraction of sp³-hybridized carbons (Fsp3) is 0.643. The van der Waals surface area contributed by atoms with Crippen molar-refractivity contribution in [2.75, 3.05) is 6.54 Å². The van der Waals surface area contributed by atoms with Crippen molar-refractivity contribution >= 4 is 17.2 Å². The molecule has 1 aromatic heterocycles. The summed E-state index contributed by atoms with van der Waals surface area (Å²) in [5.41, 5.74) is -0.487. The lowest BCUT2D eigenvalue weighted by atomic mass is 9.90. The van der Waals surface area contributed by atoms with E-state index in [0.717, 1.165) is 4.88 Å². The molecule has 2 atom stereocenters. The van der Waals surface area contributed by atoms with Gasteiger partial charge in [-0.15, -0.1) is 11.3 Å². The van der Waals surface area contributed by atoms with Crippen LogP contribution >= 0.6 is 11.3 Å². The molecule has 0 fully saturated rings. The third-order valence-corrected chi connectivity index (χ3v) is 4.25. The molecule has 18 heavy (non-hydrogen) atoms. The Morgan fingerprint density at radius 3 is 2.67 bits per heavy atom. The minimum atomic E-state index is -0.487. The minimum absolute atomic E-state index is 0.0439. The molecule has 1 aromatic rings. The van der Waals surface area contributed by atoms with Gasteiger partial charge in [0.05, 0.1) is 11.5 Å².